The predicted molar refractivity (Wildman–Crippen MR) is 56.0 cm³/mol. The van der Waals surface area contributed by atoms with Gasteiger partial charge in [-0.25, -0.2) is 5.43 Å². The molecule has 1 aliphatic rings. The summed E-state index contributed by atoms with van der Waals surface area (Å²) in [7, 11) is 0. The number of rotatable bonds is 4. The molecule has 1 aliphatic carbocycles. The first-order valence-electron chi connectivity index (χ1n) is 4.63. The third kappa shape index (κ3) is 4.23. The van der Waals surface area contributed by atoms with Gasteiger partial charge < -0.3 is 10.4 Å². The van der Waals surface area contributed by atoms with Crippen LogP contribution in [-0.4, -0.2) is 23.8 Å². The first-order chi connectivity index (χ1) is 6.24. The maximum atomic E-state index is 10.6. The fraction of sp³-hybridized carbons (Fsp3) is 0.875. The summed E-state index contributed by atoms with van der Waals surface area (Å²) in [6.07, 6.45) is 3.41. The second-order valence-corrected chi connectivity index (χ2v) is 3.47. The number of hydrogen-bond acceptors (Lipinski definition) is 4. The Labute approximate surface area is 89.8 Å². The van der Waals surface area contributed by atoms with E-state index in [9.17, 15) is 4.79 Å². The van der Waals surface area contributed by atoms with Gasteiger partial charge in [-0.1, -0.05) is 0 Å². The zero-order valence-corrected chi connectivity index (χ0v) is 8.85. The summed E-state index contributed by atoms with van der Waals surface area (Å²) in [4.78, 5) is 10.6. The summed E-state index contributed by atoms with van der Waals surface area (Å²) in [6, 6.07) is 0.423. The minimum atomic E-state index is -0.657. The molecule has 84 valence electrons. The molecule has 14 heavy (non-hydrogen) atoms. The van der Waals surface area contributed by atoms with Gasteiger partial charge in [0.2, 0.25) is 0 Å². The lowest BCUT2D eigenvalue weighted by molar-refractivity contribution is -0.142. The van der Waals surface area contributed by atoms with Gasteiger partial charge in [-0.05, 0) is 25.7 Å². The second kappa shape index (κ2) is 7.00. The van der Waals surface area contributed by atoms with E-state index in [0.29, 0.717) is 12.7 Å². The molecule has 0 saturated heterocycles. The Bertz CT molecular complexity index is 172. The SMILES string of the molecule is Cl.NNCNC1CCC(C(=O)O)CC1. The number of aliphatic carboxylic acids is 1. The Hall–Kier alpha value is -0.360. The monoisotopic (exact) mass is 223 g/mol. The molecule has 0 aliphatic heterocycles. The summed E-state index contributed by atoms with van der Waals surface area (Å²) in [5.74, 6) is 4.32. The average molecular weight is 224 g/mol. The van der Waals surface area contributed by atoms with E-state index in [2.05, 4.69) is 10.7 Å². The van der Waals surface area contributed by atoms with Gasteiger partial charge in [0.1, 0.15) is 0 Å². The summed E-state index contributed by atoms with van der Waals surface area (Å²) in [5, 5.41) is 11.9. The third-order valence-electron chi connectivity index (χ3n) is 2.57. The topological polar surface area (TPSA) is 87.4 Å². The first kappa shape index (κ1) is 13.6. The van der Waals surface area contributed by atoms with Gasteiger partial charge in [0.25, 0.3) is 0 Å². The van der Waals surface area contributed by atoms with Crippen LogP contribution in [0.2, 0.25) is 0 Å². The highest BCUT2D eigenvalue weighted by Gasteiger charge is 2.25. The molecule has 1 saturated carbocycles. The average Bonchev–Trinajstić information content (AvgIpc) is 2.15. The Balaban J connectivity index is 0.00000169. The fourth-order valence-corrected chi connectivity index (χ4v) is 1.75. The van der Waals surface area contributed by atoms with E-state index in [1.165, 1.54) is 0 Å². The highest BCUT2D eigenvalue weighted by atomic mass is 35.5. The number of carboxylic acid groups (broad SMARTS) is 1. The van der Waals surface area contributed by atoms with Crippen LogP contribution in [0.4, 0.5) is 0 Å². The molecule has 1 rings (SSSR count). The molecule has 0 aromatic rings. The van der Waals surface area contributed by atoms with E-state index >= 15 is 0 Å². The van der Waals surface area contributed by atoms with Crippen molar-refractivity contribution in [3.05, 3.63) is 0 Å². The molecule has 0 heterocycles. The molecular weight excluding hydrogens is 206 g/mol. The number of hydrazine groups is 1. The smallest absolute Gasteiger partial charge is 0.306 e. The molecule has 5 N–H and O–H groups in total. The number of carbonyl (C=O) groups is 1. The summed E-state index contributed by atoms with van der Waals surface area (Å²) < 4.78 is 0. The highest BCUT2D eigenvalue weighted by molar-refractivity contribution is 5.85. The molecule has 0 atom stereocenters. The van der Waals surface area contributed by atoms with Crippen molar-refractivity contribution in [3.63, 3.8) is 0 Å². The van der Waals surface area contributed by atoms with Crippen LogP contribution in [0, 0.1) is 5.92 Å². The van der Waals surface area contributed by atoms with E-state index in [1.807, 2.05) is 0 Å². The zero-order valence-electron chi connectivity index (χ0n) is 8.03. The molecule has 0 amide bonds. The normalized spacial score (nSPS) is 26.6. The van der Waals surface area contributed by atoms with Crippen molar-refractivity contribution in [2.75, 3.05) is 6.67 Å². The van der Waals surface area contributed by atoms with Gasteiger partial charge in [-0.2, -0.15) is 0 Å². The molecule has 0 bridgehead atoms. The van der Waals surface area contributed by atoms with Crippen molar-refractivity contribution in [1.82, 2.24) is 10.7 Å². The molecule has 6 heteroatoms. The van der Waals surface area contributed by atoms with Crippen molar-refractivity contribution in [2.45, 2.75) is 31.7 Å². The minimum absolute atomic E-state index is 0. The van der Waals surface area contributed by atoms with Gasteiger partial charge in [-0.15, -0.1) is 12.4 Å². The third-order valence-corrected chi connectivity index (χ3v) is 2.57. The van der Waals surface area contributed by atoms with E-state index < -0.39 is 5.97 Å². The minimum Gasteiger partial charge on any atom is -0.481 e. The van der Waals surface area contributed by atoms with E-state index in [4.69, 9.17) is 10.9 Å². The molecule has 1 fully saturated rings. The van der Waals surface area contributed by atoms with Gasteiger partial charge >= 0.3 is 5.97 Å². The molecule has 0 spiro atoms. The molecule has 0 unspecified atom stereocenters. The van der Waals surface area contributed by atoms with Gasteiger partial charge in [0, 0.05) is 6.04 Å². The second-order valence-electron chi connectivity index (χ2n) is 3.47. The van der Waals surface area contributed by atoms with E-state index in [-0.39, 0.29) is 18.3 Å². The lowest BCUT2D eigenvalue weighted by Crippen LogP contribution is -2.42. The first-order valence-corrected chi connectivity index (χ1v) is 4.63. The van der Waals surface area contributed by atoms with Crippen molar-refractivity contribution >= 4 is 18.4 Å². The molecule has 5 nitrogen and oxygen atoms in total. The van der Waals surface area contributed by atoms with Crippen molar-refractivity contribution in [2.24, 2.45) is 11.8 Å². The lowest BCUT2D eigenvalue weighted by atomic mass is 9.86. The predicted octanol–water partition coefficient (Wildman–Crippen LogP) is 0.0620. The van der Waals surface area contributed by atoms with Crippen molar-refractivity contribution in [1.29, 1.82) is 0 Å². The number of nitrogens with one attached hydrogen (secondary N) is 2. The summed E-state index contributed by atoms with van der Waals surface area (Å²) in [5.41, 5.74) is 2.52. The van der Waals surface area contributed by atoms with Crippen LogP contribution < -0.4 is 16.6 Å². The Morgan fingerprint density at radius 2 is 1.93 bits per heavy atom. The van der Waals surface area contributed by atoms with Gasteiger partial charge in [-0.3, -0.25) is 10.6 Å². The maximum Gasteiger partial charge on any atom is 0.306 e. The molecule has 0 radical (unpaired) electrons. The van der Waals surface area contributed by atoms with Gasteiger partial charge in [0.05, 0.1) is 12.6 Å². The van der Waals surface area contributed by atoms with E-state index in [0.717, 1.165) is 25.7 Å². The maximum absolute atomic E-state index is 10.6. The number of hydrogen-bond donors (Lipinski definition) is 4. The van der Waals surface area contributed by atoms with Crippen molar-refractivity contribution < 1.29 is 9.90 Å². The number of carboxylic acids is 1. The Kier molecular flexibility index (Phi) is 6.82. The largest absolute Gasteiger partial charge is 0.481 e. The van der Waals surface area contributed by atoms with Crippen LogP contribution in [-0.2, 0) is 4.79 Å². The quantitative estimate of drug-likeness (QED) is 0.308. The fourth-order valence-electron chi connectivity index (χ4n) is 1.75. The van der Waals surface area contributed by atoms with Crippen LogP contribution in [0.15, 0.2) is 0 Å². The van der Waals surface area contributed by atoms with Crippen LogP contribution in [0.5, 0.6) is 0 Å². The molecule has 0 aromatic heterocycles. The number of halogens is 1. The van der Waals surface area contributed by atoms with E-state index in [1.54, 1.807) is 0 Å². The summed E-state index contributed by atoms with van der Waals surface area (Å²) >= 11 is 0. The van der Waals surface area contributed by atoms with Crippen LogP contribution in [0.3, 0.4) is 0 Å². The number of nitrogens with two attached hydrogens (primary N) is 1. The zero-order chi connectivity index (χ0) is 9.68. The Morgan fingerprint density at radius 1 is 1.36 bits per heavy atom. The molecule has 0 aromatic carbocycles. The highest BCUT2D eigenvalue weighted by Crippen LogP contribution is 2.23. The van der Waals surface area contributed by atoms with Crippen LogP contribution >= 0.6 is 12.4 Å². The lowest BCUT2D eigenvalue weighted by Gasteiger charge is -2.26. The van der Waals surface area contributed by atoms with Crippen molar-refractivity contribution in [3.8, 4) is 0 Å². The summed E-state index contributed by atoms with van der Waals surface area (Å²) in [6.45, 7) is 0.586. The van der Waals surface area contributed by atoms with Crippen LogP contribution in [0.1, 0.15) is 25.7 Å². The standard InChI is InChI=1S/C8H17N3O2.ClH/c9-11-5-10-7-3-1-6(2-4-7)8(12)13;/h6-7,10-11H,1-5,9H2,(H,12,13);1H. The molecular formula is C8H18ClN3O2. The van der Waals surface area contributed by atoms with Crippen LogP contribution in [0.25, 0.3) is 0 Å². The van der Waals surface area contributed by atoms with Gasteiger partial charge in [0.15, 0.2) is 0 Å². The Morgan fingerprint density at radius 3 is 2.36 bits per heavy atom.